The first kappa shape index (κ1) is 32.9. The molecule has 0 saturated carbocycles. The summed E-state index contributed by atoms with van der Waals surface area (Å²) in [6, 6.07) is 15.4. The predicted molar refractivity (Wildman–Crippen MR) is 166 cm³/mol. The topological polar surface area (TPSA) is 114 Å². The predicted octanol–water partition coefficient (Wildman–Crippen LogP) is 4.06. The average Bonchev–Trinajstić information content (AvgIpc) is 3.01. The van der Waals surface area contributed by atoms with Gasteiger partial charge >= 0.3 is 0 Å². The van der Waals surface area contributed by atoms with Crippen LogP contribution in [0.4, 0.5) is 0 Å². The molecular weight excluding hydrogens is 530 g/mol. The van der Waals surface area contributed by atoms with Crippen molar-refractivity contribution >= 4 is 11.8 Å². The van der Waals surface area contributed by atoms with Crippen LogP contribution in [0, 0.1) is 11.3 Å². The minimum absolute atomic E-state index is 0.0769. The van der Waals surface area contributed by atoms with E-state index in [1.165, 1.54) is 0 Å². The van der Waals surface area contributed by atoms with E-state index in [2.05, 4.69) is 5.32 Å². The van der Waals surface area contributed by atoms with Crippen molar-refractivity contribution in [3.8, 4) is 11.5 Å². The number of methoxy groups -OCH3 is 2. The number of nitrogens with one attached hydrogen (secondary N) is 1. The number of carbonyl (C=O) groups excluding carboxylic acids is 2. The van der Waals surface area contributed by atoms with Gasteiger partial charge in [0.25, 0.3) is 0 Å². The van der Waals surface area contributed by atoms with Crippen molar-refractivity contribution in [2.45, 2.75) is 52.1 Å². The lowest BCUT2D eigenvalue weighted by atomic mass is 9.64. The molecule has 8 heteroatoms. The first-order valence-corrected chi connectivity index (χ1v) is 14.9. The quantitative estimate of drug-likeness (QED) is 0.244. The van der Waals surface area contributed by atoms with E-state index < -0.39 is 23.3 Å². The van der Waals surface area contributed by atoms with Gasteiger partial charge in [0.05, 0.1) is 25.7 Å². The SMILES string of the molecule is CCCN(CCC)C(=O)C1=CC=CC(C(N)=O)([C@H](Cc2ccccc2)C(O)CNCCc2cc(OC)ccc2OC)C1. The van der Waals surface area contributed by atoms with Gasteiger partial charge < -0.3 is 30.5 Å². The van der Waals surface area contributed by atoms with Crippen molar-refractivity contribution in [1.29, 1.82) is 0 Å². The molecule has 0 aliphatic heterocycles. The van der Waals surface area contributed by atoms with Crippen LogP contribution in [0.1, 0.15) is 44.2 Å². The molecule has 8 nitrogen and oxygen atoms in total. The Morgan fingerprint density at radius 1 is 1.07 bits per heavy atom. The summed E-state index contributed by atoms with van der Waals surface area (Å²) in [5.74, 6) is 0.331. The minimum atomic E-state index is -1.23. The van der Waals surface area contributed by atoms with Crippen molar-refractivity contribution < 1.29 is 24.2 Å². The van der Waals surface area contributed by atoms with Gasteiger partial charge in [0, 0.05) is 31.1 Å². The maximum Gasteiger partial charge on any atom is 0.249 e. The van der Waals surface area contributed by atoms with Gasteiger partial charge in [-0.05, 0) is 68.0 Å². The summed E-state index contributed by atoms with van der Waals surface area (Å²) in [5.41, 5.74) is 7.43. The van der Waals surface area contributed by atoms with Gasteiger partial charge in [0.2, 0.25) is 11.8 Å². The molecule has 0 bridgehead atoms. The van der Waals surface area contributed by atoms with Crippen molar-refractivity contribution in [3.05, 3.63) is 83.5 Å². The molecule has 42 heavy (non-hydrogen) atoms. The lowest BCUT2D eigenvalue weighted by Gasteiger charge is -2.41. The van der Waals surface area contributed by atoms with Crippen LogP contribution in [0.3, 0.4) is 0 Å². The number of primary amides is 1. The molecule has 3 rings (SSSR count). The van der Waals surface area contributed by atoms with Gasteiger partial charge in [-0.3, -0.25) is 9.59 Å². The summed E-state index contributed by atoms with van der Waals surface area (Å²) in [6.07, 6.45) is 7.34. The number of rotatable bonds is 17. The van der Waals surface area contributed by atoms with Crippen LogP contribution in [0.5, 0.6) is 11.5 Å². The van der Waals surface area contributed by atoms with E-state index in [1.54, 1.807) is 32.4 Å². The second kappa shape index (κ2) is 16.1. The van der Waals surface area contributed by atoms with Gasteiger partial charge in [0.15, 0.2) is 0 Å². The summed E-state index contributed by atoms with van der Waals surface area (Å²) < 4.78 is 10.9. The molecule has 2 aromatic carbocycles. The zero-order valence-electron chi connectivity index (χ0n) is 25.5. The Labute approximate surface area is 250 Å². The van der Waals surface area contributed by atoms with Crippen molar-refractivity contribution in [2.75, 3.05) is 40.4 Å². The largest absolute Gasteiger partial charge is 0.497 e. The van der Waals surface area contributed by atoms with E-state index in [1.807, 2.05) is 67.3 Å². The van der Waals surface area contributed by atoms with E-state index in [-0.39, 0.29) is 18.9 Å². The fraction of sp³-hybridized carbons (Fsp3) is 0.471. The lowest BCUT2D eigenvalue weighted by Crippen LogP contribution is -2.51. The van der Waals surface area contributed by atoms with Crippen molar-refractivity contribution in [1.82, 2.24) is 10.2 Å². The van der Waals surface area contributed by atoms with Crippen LogP contribution in [-0.4, -0.2) is 68.3 Å². The average molecular weight is 578 g/mol. The van der Waals surface area contributed by atoms with Crippen LogP contribution in [0.25, 0.3) is 0 Å². The molecule has 2 amide bonds. The Balaban J connectivity index is 1.83. The van der Waals surface area contributed by atoms with Crippen LogP contribution in [-0.2, 0) is 22.4 Å². The molecule has 0 radical (unpaired) electrons. The molecule has 3 atom stereocenters. The Hall–Kier alpha value is -3.62. The van der Waals surface area contributed by atoms with E-state index in [9.17, 15) is 14.7 Å². The fourth-order valence-electron chi connectivity index (χ4n) is 5.80. The maximum atomic E-state index is 13.6. The molecule has 228 valence electrons. The molecule has 4 N–H and O–H groups in total. The summed E-state index contributed by atoms with van der Waals surface area (Å²) >= 11 is 0. The highest BCUT2D eigenvalue weighted by molar-refractivity contribution is 5.96. The smallest absolute Gasteiger partial charge is 0.249 e. The first-order chi connectivity index (χ1) is 20.3. The van der Waals surface area contributed by atoms with Crippen molar-refractivity contribution in [2.24, 2.45) is 17.1 Å². The van der Waals surface area contributed by atoms with Gasteiger partial charge in [-0.25, -0.2) is 0 Å². The number of ether oxygens (including phenoxy) is 2. The number of nitrogens with two attached hydrogens (primary N) is 1. The van der Waals surface area contributed by atoms with Crippen LogP contribution in [0.15, 0.2) is 72.3 Å². The van der Waals surface area contributed by atoms with E-state index in [0.717, 1.165) is 35.5 Å². The van der Waals surface area contributed by atoms with Crippen LogP contribution < -0.4 is 20.5 Å². The van der Waals surface area contributed by atoms with Crippen LogP contribution in [0.2, 0.25) is 0 Å². The second-order valence-corrected chi connectivity index (χ2v) is 10.9. The lowest BCUT2D eigenvalue weighted by molar-refractivity contribution is -0.132. The zero-order valence-corrected chi connectivity index (χ0v) is 25.5. The zero-order chi connectivity index (χ0) is 30.5. The molecule has 0 spiro atoms. The summed E-state index contributed by atoms with van der Waals surface area (Å²) in [4.78, 5) is 28.7. The number of amides is 2. The highest BCUT2D eigenvalue weighted by Crippen LogP contribution is 2.43. The summed E-state index contributed by atoms with van der Waals surface area (Å²) in [5, 5.41) is 15.0. The Kier molecular flexibility index (Phi) is 12.6. The van der Waals surface area contributed by atoms with E-state index in [0.29, 0.717) is 38.0 Å². The molecule has 2 aromatic rings. The minimum Gasteiger partial charge on any atom is -0.497 e. The molecular formula is C34H47N3O5. The third kappa shape index (κ3) is 8.23. The monoisotopic (exact) mass is 577 g/mol. The Morgan fingerprint density at radius 2 is 1.79 bits per heavy atom. The molecule has 1 aliphatic rings. The number of aliphatic hydroxyl groups is 1. The number of benzene rings is 2. The molecule has 0 fully saturated rings. The number of allylic oxidation sites excluding steroid dienone is 2. The number of nitrogens with zero attached hydrogens (tertiary/aromatic N) is 1. The van der Waals surface area contributed by atoms with Crippen LogP contribution >= 0.6 is 0 Å². The maximum absolute atomic E-state index is 13.6. The summed E-state index contributed by atoms with van der Waals surface area (Å²) in [7, 11) is 3.26. The normalized spacial score (nSPS) is 17.7. The molecule has 1 aliphatic carbocycles. The fourth-order valence-corrected chi connectivity index (χ4v) is 5.80. The van der Waals surface area contributed by atoms with Gasteiger partial charge in [-0.2, -0.15) is 0 Å². The van der Waals surface area contributed by atoms with Gasteiger partial charge in [-0.15, -0.1) is 0 Å². The molecule has 0 aromatic heterocycles. The standard InChI is InChI=1S/C34H47N3O5/c1-5-19-37(20-6-2)32(39)27-13-10-17-34(23-27,33(35)40)29(21-25-11-8-7-9-12-25)30(38)24-36-18-16-26-22-28(41-3)14-15-31(26)42-4/h7-15,17,22,29-30,36,38H,5-6,16,18-21,23-24H2,1-4H3,(H2,35,40)/t29-,30?,34?/m1/s1. The number of hydrogen-bond acceptors (Lipinski definition) is 6. The highest BCUT2D eigenvalue weighted by Gasteiger charge is 2.47. The van der Waals surface area contributed by atoms with E-state index >= 15 is 0 Å². The molecule has 0 heterocycles. The van der Waals surface area contributed by atoms with E-state index in [4.69, 9.17) is 15.2 Å². The highest BCUT2D eigenvalue weighted by atomic mass is 16.5. The van der Waals surface area contributed by atoms with Gasteiger partial charge in [-0.1, -0.05) is 62.4 Å². The molecule has 0 saturated heterocycles. The third-order valence-electron chi connectivity index (χ3n) is 8.02. The number of hydrogen-bond donors (Lipinski definition) is 3. The number of aliphatic hydroxyl groups excluding tert-OH is 1. The number of carbonyl (C=O) groups is 2. The third-order valence-corrected chi connectivity index (χ3v) is 8.02. The van der Waals surface area contributed by atoms with Gasteiger partial charge in [0.1, 0.15) is 11.5 Å². The second-order valence-electron chi connectivity index (χ2n) is 10.9. The molecule has 2 unspecified atom stereocenters. The van der Waals surface area contributed by atoms with Crippen molar-refractivity contribution in [3.63, 3.8) is 0 Å². The Morgan fingerprint density at radius 3 is 2.40 bits per heavy atom. The Bertz CT molecular complexity index is 1220. The summed E-state index contributed by atoms with van der Waals surface area (Å²) in [6.45, 7) is 6.21. The first-order valence-electron chi connectivity index (χ1n) is 14.9.